The van der Waals surface area contributed by atoms with Gasteiger partial charge in [0.05, 0.1) is 32.2 Å². The lowest BCUT2D eigenvalue weighted by atomic mass is 9.81. The first kappa shape index (κ1) is 33.3. The highest BCUT2D eigenvalue weighted by Crippen LogP contribution is 2.54. The number of thioether (sulfide) groups is 1. The van der Waals surface area contributed by atoms with Gasteiger partial charge in [0.15, 0.2) is 0 Å². The van der Waals surface area contributed by atoms with E-state index in [0.29, 0.717) is 26.2 Å². The molecule has 4 aromatic rings. The number of anilines is 2. The Hall–Kier alpha value is -3.58. The maximum atomic E-state index is 14.1. The van der Waals surface area contributed by atoms with Crippen LogP contribution in [-0.4, -0.2) is 27.5 Å². The van der Waals surface area contributed by atoms with Crippen molar-refractivity contribution in [3.05, 3.63) is 108 Å². The monoisotopic (exact) mass is 719 g/mol. The fraction of sp³-hybridized carbons (Fsp3) is 0.273. The van der Waals surface area contributed by atoms with E-state index in [1.165, 1.54) is 22.8 Å². The Morgan fingerprint density at radius 3 is 2.23 bits per heavy atom. The largest absolute Gasteiger partial charge is 0.416 e. The van der Waals surface area contributed by atoms with E-state index in [9.17, 15) is 32.3 Å². The number of nitrogens with one attached hydrogen (secondary N) is 1. The van der Waals surface area contributed by atoms with E-state index in [0.717, 1.165) is 51.8 Å². The number of rotatable bonds is 5. The number of halogens is 5. The lowest BCUT2D eigenvalue weighted by molar-refractivity contribution is -0.137. The third-order valence-electron chi connectivity index (χ3n) is 8.12. The van der Waals surface area contributed by atoms with Crippen molar-refractivity contribution in [3.63, 3.8) is 0 Å². The summed E-state index contributed by atoms with van der Waals surface area (Å²) in [5.41, 5.74) is 0.688. The van der Waals surface area contributed by atoms with Gasteiger partial charge in [-0.1, -0.05) is 97.4 Å². The molecule has 0 bridgehead atoms. The second-order valence-corrected chi connectivity index (χ2v) is 15.2. The third kappa shape index (κ3) is 6.24. The maximum Gasteiger partial charge on any atom is 0.416 e. The topological polar surface area (TPSA) is 88.5 Å². The third-order valence-corrected chi connectivity index (χ3v) is 11.5. The molecule has 6 rings (SSSR count). The molecule has 3 heterocycles. The molecular formula is C33H26Cl2F3N3O4S2. The number of hydrogen-bond acceptors (Lipinski definition) is 6. The van der Waals surface area contributed by atoms with Gasteiger partial charge in [0, 0.05) is 16.5 Å². The minimum Gasteiger partial charge on any atom is -0.324 e. The fourth-order valence-electron chi connectivity index (χ4n) is 5.80. The number of aromatic nitrogens is 1. The van der Waals surface area contributed by atoms with Crippen molar-refractivity contribution >= 4 is 75.4 Å². The molecule has 2 aliphatic rings. The molecule has 0 radical (unpaired) electrons. The molecule has 14 heteroatoms. The van der Waals surface area contributed by atoms with E-state index in [1.54, 1.807) is 6.07 Å². The SMILES string of the molecule is CC(C)(C)c1ccc([C@@H]2c3sc(=O)n(CC(=O)Nc4ccc(Cl)c(Cl)c4)c3S[C@H]3C(=O)N(c4cccc(C(F)(F)F)c4)C(=O)[C@@H]23)cc1. The summed E-state index contributed by atoms with van der Waals surface area (Å²) in [4.78, 5) is 55.4. The minimum absolute atomic E-state index is 0.177. The molecule has 1 N–H and O–H groups in total. The highest BCUT2D eigenvalue weighted by molar-refractivity contribution is 8.00. The zero-order valence-corrected chi connectivity index (χ0v) is 28.2. The van der Waals surface area contributed by atoms with Gasteiger partial charge in [-0.15, -0.1) is 0 Å². The van der Waals surface area contributed by atoms with Crippen molar-refractivity contribution in [2.24, 2.45) is 5.92 Å². The molecule has 47 heavy (non-hydrogen) atoms. The number of carbonyl (C=O) groups excluding carboxylic acids is 3. The Morgan fingerprint density at radius 1 is 0.894 bits per heavy atom. The van der Waals surface area contributed by atoms with Crippen LogP contribution < -0.4 is 15.1 Å². The Kier molecular flexibility index (Phi) is 8.61. The number of fused-ring (bicyclic) bond motifs is 2. The molecule has 3 amide bonds. The fourth-order valence-corrected chi connectivity index (χ4v) is 8.87. The molecule has 1 aromatic heterocycles. The van der Waals surface area contributed by atoms with Gasteiger partial charge in [-0.25, -0.2) is 4.90 Å². The zero-order valence-electron chi connectivity index (χ0n) is 25.0. The molecule has 3 aromatic carbocycles. The molecular weight excluding hydrogens is 694 g/mol. The Balaban J connectivity index is 1.42. The second-order valence-electron chi connectivity index (χ2n) is 12.3. The van der Waals surface area contributed by atoms with E-state index in [4.69, 9.17) is 23.2 Å². The first-order valence-electron chi connectivity index (χ1n) is 14.3. The summed E-state index contributed by atoms with van der Waals surface area (Å²) in [7, 11) is 0. The summed E-state index contributed by atoms with van der Waals surface area (Å²) in [5, 5.41) is 2.50. The second kappa shape index (κ2) is 12.1. The number of amides is 3. The Labute approximate surface area is 285 Å². The van der Waals surface area contributed by atoms with Crippen molar-refractivity contribution in [2.45, 2.75) is 55.1 Å². The standard InChI is InChI=1S/C33H26Cl2F3N3O4S2/c1-32(2,3)17-9-7-16(8-10-17)24-25-26(29(44)41(28(25)43)20-6-4-5-18(13-20)33(36,37)38)46-30-27(24)47-31(45)40(30)15-23(42)39-19-11-12-21(34)22(35)14-19/h4-14,24-26H,15H2,1-3H3,(H,39,42)/t24-,25-,26+/m0/s1. The van der Waals surface area contributed by atoms with Gasteiger partial charge >= 0.3 is 11.0 Å². The van der Waals surface area contributed by atoms with Gasteiger partial charge in [0.1, 0.15) is 11.8 Å². The molecule has 3 atom stereocenters. The first-order valence-corrected chi connectivity index (χ1v) is 16.8. The van der Waals surface area contributed by atoms with Crippen LogP contribution in [0.25, 0.3) is 0 Å². The summed E-state index contributed by atoms with van der Waals surface area (Å²) in [6, 6.07) is 16.2. The number of imide groups is 1. The van der Waals surface area contributed by atoms with Gasteiger partial charge in [-0.3, -0.25) is 23.7 Å². The highest BCUT2D eigenvalue weighted by Gasteiger charge is 2.57. The van der Waals surface area contributed by atoms with Crippen LogP contribution in [0.15, 0.2) is 76.6 Å². The normalized spacial score (nSPS) is 19.5. The molecule has 2 aliphatic heterocycles. The van der Waals surface area contributed by atoms with Crippen LogP contribution in [0.1, 0.15) is 48.3 Å². The maximum absolute atomic E-state index is 14.1. The predicted octanol–water partition coefficient (Wildman–Crippen LogP) is 7.97. The average Bonchev–Trinajstić information content (AvgIpc) is 3.44. The quantitative estimate of drug-likeness (QED) is 0.212. The summed E-state index contributed by atoms with van der Waals surface area (Å²) >= 11 is 13.9. The van der Waals surface area contributed by atoms with Crippen molar-refractivity contribution < 1.29 is 27.6 Å². The van der Waals surface area contributed by atoms with Crippen molar-refractivity contribution in [1.82, 2.24) is 4.57 Å². The van der Waals surface area contributed by atoms with Crippen LogP contribution >= 0.6 is 46.3 Å². The molecule has 0 saturated carbocycles. The van der Waals surface area contributed by atoms with Gasteiger partial charge in [-0.2, -0.15) is 13.2 Å². The first-order chi connectivity index (χ1) is 22.0. The molecule has 244 valence electrons. The minimum atomic E-state index is -4.68. The lowest BCUT2D eigenvalue weighted by Crippen LogP contribution is -2.33. The van der Waals surface area contributed by atoms with Gasteiger partial charge in [-0.05, 0) is 52.9 Å². The summed E-state index contributed by atoms with van der Waals surface area (Å²) < 4.78 is 42.0. The molecule has 7 nitrogen and oxygen atoms in total. The van der Waals surface area contributed by atoms with Crippen LogP contribution in [0.5, 0.6) is 0 Å². The van der Waals surface area contributed by atoms with E-state index in [1.807, 2.05) is 24.3 Å². The van der Waals surface area contributed by atoms with E-state index in [-0.39, 0.29) is 16.1 Å². The molecule has 1 saturated heterocycles. The van der Waals surface area contributed by atoms with Crippen LogP contribution in [0.3, 0.4) is 0 Å². The van der Waals surface area contributed by atoms with Crippen molar-refractivity contribution in [2.75, 3.05) is 10.2 Å². The van der Waals surface area contributed by atoms with E-state index >= 15 is 0 Å². The number of alkyl halides is 3. The molecule has 0 aliphatic carbocycles. The average molecular weight is 721 g/mol. The number of benzene rings is 3. The zero-order chi connectivity index (χ0) is 34.0. The number of carbonyl (C=O) groups is 3. The van der Waals surface area contributed by atoms with E-state index in [2.05, 4.69) is 26.1 Å². The lowest BCUT2D eigenvalue weighted by Gasteiger charge is -2.31. The number of hydrogen-bond donors (Lipinski definition) is 1. The Bertz CT molecular complexity index is 1990. The van der Waals surface area contributed by atoms with Gasteiger partial charge < -0.3 is 5.32 Å². The molecule has 0 spiro atoms. The molecule has 0 unspecified atom stereocenters. The van der Waals surface area contributed by atoms with Crippen molar-refractivity contribution in [3.8, 4) is 0 Å². The van der Waals surface area contributed by atoms with Gasteiger partial charge in [0.25, 0.3) is 0 Å². The van der Waals surface area contributed by atoms with Crippen LogP contribution in [0, 0.1) is 5.92 Å². The van der Waals surface area contributed by atoms with E-state index < -0.39 is 58.0 Å². The van der Waals surface area contributed by atoms with Gasteiger partial charge in [0.2, 0.25) is 17.7 Å². The smallest absolute Gasteiger partial charge is 0.324 e. The molecule has 1 fully saturated rings. The Morgan fingerprint density at radius 2 is 1.60 bits per heavy atom. The summed E-state index contributed by atoms with van der Waals surface area (Å²) in [5.74, 6) is -3.68. The van der Waals surface area contributed by atoms with Crippen molar-refractivity contribution in [1.29, 1.82) is 0 Å². The summed E-state index contributed by atoms with van der Waals surface area (Å²) in [6.45, 7) is 5.75. The van der Waals surface area contributed by atoms with Crippen LogP contribution in [0.4, 0.5) is 24.5 Å². The number of nitrogens with zero attached hydrogens (tertiary/aromatic N) is 2. The van der Waals surface area contributed by atoms with Crippen LogP contribution in [0.2, 0.25) is 10.0 Å². The summed E-state index contributed by atoms with van der Waals surface area (Å²) in [6.07, 6.45) is -4.68. The van der Waals surface area contributed by atoms with Crippen LogP contribution in [-0.2, 0) is 32.5 Å². The predicted molar refractivity (Wildman–Crippen MR) is 178 cm³/mol. The number of thiazole rings is 1. The highest BCUT2D eigenvalue weighted by atomic mass is 35.5.